The second-order valence-corrected chi connectivity index (χ2v) is 9.30. The summed E-state index contributed by atoms with van der Waals surface area (Å²) in [6.45, 7) is 0.428. The van der Waals surface area contributed by atoms with Gasteiger partial charge < -0.3 is 19.7 Å². The molecule has 4 nitrogen and oxygen atoms in total. The molecule has 0 radical (unpaired) electrons. The summed E-state index contributed by atoms with van der Waals surface area (Å²) in [6.07, 6.45) is -0.332. The molecule has 0 bridgehead atoms. The van der Waals surface area contributed by atoms with Gasteiger partial charge in [-0.15, -0.1) is 11.8 Å². The van der Waals surface area contributed by atoms with Crippen molar-refractivity contribution in [3.05, 3.63) is 113 Å². The van der Waals surface area contributed by atoms with E-state index in [4.69, 9.17) is 22.5 Å². The first-order chi connectivity index (χ1) is 16.6. The van der Waals surface area contributed by atoms with E-state index in [0.717, 1.165) is 21.6 Å². The molecule has 1 aliphatic heterocycles. The predicted molar refractivity (Wildman–Crippen MR) is 130 cm³/mol. The minimum atomic E-state index is -0.332. The highest BCUT2D eigenvalue weighted by atomic mass is 35.5. The van der Waals surface area contributed by atoms with Crippen LogP contribution in [0, 0.1) is 0 Å². The fourth-order valence-electron chi connectivity index (χ4n) is 3.77. The molecule has 1 heterocycles. The highest BCUT2D eigenvalue weighted by molar-refractivity contribution is 7.99. The van der Waals surface area contributed by atoms with Crippen LogP contribution >= 0.6 is 23.4 Å². The lowest BCUT2D eigenvalue weighted by Gasteiger charge is -2.34. The van der Waals surface area contributed by atoms with Gasteiger partial charge >= 0.3 is 0 Å². The normalized spacial score (nSPS) is 17.4. The van der Waals surface area contributed by atoms with Crippen molar-refractivity contribution in [3.8, 4) is 23.0 Å². The van der Waals surface area contributed by atoms with Crippen molar-refractivity contribution in [2.24, 2.45) is 0 Å². The van der Waals surface area contributed by atoms with Gasteiger partial charge in [0.1, 0.15) is 35.7 Å². The quantitative estimate of drug-likeness (QED) is 0.304. The van der Waals surface area contributed by atoms with Crippen LogP contribution in [0.3, 0.4) is 0 Å². The average Bonchev–Trinajstić information content (AvgIpc) is 2.88. The number of halogens is 1. The van der Waals surface area contributed by atoms with Gasteiger partial charge in [-0.25, -0.2) is 0 Å². The van der Waals surface area contributed by atoms with E-state index < -0.39 is 0 Å². The van der Waals surface area contributed by atoms with E-state index in [1.54, 1.807) is 36.0 Å². The van der Waals surface area contributed by atoms with Gasteiger partial charge in [0.15, 0.2) is 0 Å². The summed E-state index contributed by atoms with van der Waals surface area (Å²) in [4.78, 5) is 0.842. The van der Waals surface area contributed by atoms with Crippen LogP contribution in [0.5, 0.6) is 23.0 Å². The third-order valence-corrected chi connectivity index (χ3v) is 7.28. The lowest BCUT2D eigenvalue weighted by Crippen LogP contribution is -2.19. The monoisotopic (exact) mass is 478 g/mol. The molecule has 166 valence electrons. The lowest BCUT2D eigenvalue weighted by molar-refractivity contribution is 0.189. The molecule has 0 saturated carbocycles. The molecule has 0 aromatic heterocycles. The van der Waals surface area contributed by atoms with Gasteiger partial charge in [0.25, 0.3) is 1.43 Å². The maximum Gasteiger partial charge on any atom is 0.293 e. The molecule has 0 saturated heterocycles. The largest absolute Gasteiger partial charge is 0.508 e. The Labute approximate surface area is 202 Å². The van der Waals surface area contributed by atoms with E-state index in [1.165, 1.54) is 0 Å². The zero-order valence-corrected chi connectivity index (χ0v) is 19.1. The van der Waals surface area contributed by atoms with Crippen LogP contribution in [0.1, 0.15) is 28.0 Å². The topological polar surface area (TPSA) is 58.9 Å². The van der Waals surface area contributed by atoms with Crippen LogP contribution in [0.25, 0.3) is 0 Å². The van der Waals surface area contributed by atoms with E-state index in [0.29, 0.717) is 28.9 Å². The number of thioether (sulfide) groups is 1. The van der Waals surface area contributed by atoms with Crippen molar-refractivity contribution in [2.45, 2.75) is 22.9 Å². The summed E-state index contributed by atoms with van der Waals surface area (Å²) < 4.78 is 19.6. The standard InChI is InChI=1S/C27H21ClO4S/c28-23-14-22(31-16-17-4-2-1-3-5-17)15-24-27(23)33-26(19-8-12-21(30)13-9-19)25(32-24)18-6-10-20(29)11-7-18/h1-15,25-26,29-30H,16H2/t25-,26+/m1/s1/i/hT. The fraction of sp³-hybridized carbons (Fsp3) is 0.111. The highest BCUT2D eigenvalue weighted by Gasteiger charge is 2.35. The molecule has 33 heavy (non-hydrogen) atoms. The van der Waals surface area contributed by atoms with E-state index in [1.807, 2.05) is 66.7 Å². The van der Waals surface area contributed by atoms with Crippen LogP contribution in [0.4, 0.5) is 0 Å². The molecule has 6 heteroatoms. The van der Waals surface area contributed by atoms with Gasteiger partial charge in [-0.1, -0.05) is 66.2 Å². The molecule has 1 aliphatic rings. The van der Waals surface area contributed by atoms with Crippen molar-refractivity contribution in [1.82, 2.24) is 0 Å². The summed E-state index contributed by atoms with van der Waals surface area (Å²) in [7, 11) is 0. The molecular formula is C27H21ClO4S. The number of phenols is 2. The third-order valence-electron chi connectivity index (χ3n) is 5.44. The first kappa shape index (κ1) is 20.3. The number of ether oxygens (including phenoxy) is 2. The molecule has 0 fully saturated rings. The Morgan fingerprint density at radius 1 is 0.909 bits per heavy atom. The third kappa shape index (κ3) is 4.75. The van der Waals surface area contributed by atoms with Gasteiger partial charge in [-0.2, -0.15) is 0 Å². The minimum absolute atomic E-state index is 0.106. The number of hydrogen-bond acceptors (Lipinski definition) is 5. The predicted octanol–water partition coefficient (Wildman–Crippen LogP) is 7.30. The Kier molecular flexibility index (Phi) is 5.73. The Morgan fingerprint density at radius 3 is 2.33 bits per heavy atom. The van der Waals surface area contributed by atoms with Gasteiger partial charge in [-0.05, 0) is 41.0 Å². The molecule has 0 spiro atoms. The Hall–Kier alpha value is -3.28. The van der Waals surface area contributed by atoms with Crippen LogP contribution < -0.4 is 9.47 Å². The highest BCUT2D eigenvalue weighted by Crippen LogP contribution is 2.56. The fourth-order valence-corrected chi connectivity index (χ4v) is 5.38. The van der Waals surface area contributed by atoms with Crippen LogP contribution in [-0.2, 0) is 6.61 Å². The number of fused-ring (bicyclic) bond motifs is 1. The van der Waals surface area contributed by atoms with Gasteiger partial charge in [0.05, 0.1) is 15.2 Å². The maximum atomic E-state index is 9.77. The van der Waals surface area contributed by atoms with E-state index in [-0.39, 0.29) is 17.1 Å². The smallest absolute Gasteiger partial charge is 0.293 e. The Morgan fingerprint density at radius 2 is 1.61 bits per heavy atom. The average molecular weight is 479 g/mol. The van der Waals surface area contributed by atoms with Gasteiger partial charge in [-0.3, -0.25) is 0 Å². The molecule has 4 aromatic rings. The molecule has 0 unspecified atom stereocenters. The number of phenolic OH excluding ortho intramolecular Hbond substituents is 2. The second kappa shape index (κ2) is 9.30. The molecule has 2 N–H and O–H groups in total. The van der Waals surface area contributed by atoms with Crippen molar-refractivity contribution < 1.29 is 19.7 Å². The van der Waals surface area contributed by atoms with Gasteiger partial charge in [0.2, 0.25) is 0 Å². The molecule has 2 atom stereocenters. The van der Waals surface area contributed by atoms with Crippen LogP contribution in [0.15, 0.2) is 95.9 Å². The molecule has 0 aliphatic carbocycles. The van der Waals surface area contributed by atoms with Crippen molar-refractivity contribution in [1.29, 1.82) is 1.43 Å². The SMILES string of the molecule is [3H]Oc1ccc([C@@H]2Sc3c(Cl)cc(OCc4ccccc4)cc3O[C@@H]2c2ccc(O)cc2)cc1. The molecule has 0 amide bonds. The number of aromatic hydroxyl groups is 2. The summed E-state index contributed by atoms with van der Waals surface area (Å²) in [5, 5.41) is 14.8. The zero-order chi connectivity index (χ0) is 23.5. The Bertz CT molecular complexity index is 1270. The first-order valence-electron chi connectivity index (χ1n) is 10.9. The van der Waals surface area contributed by atoms with E-state index in [9.17, 15) is 5.11 Å². The number of benzene rings is 4. The minimum Gasteiger partial charge on any atom is -0.508 e. The zero-order valence-electron chi connectivity index (χ0n) is 18.5. The number of rotatable bonds is 6. The molecule has 5 rings (SSSR count). The first-order valence-corrected chi connectivity index (χ1v) is 11.7. The van der Waals surface area contributed by atoms with Crippen molar-refractivity contribution in [3.63, 3.8) is 0 Å². The second-order valence-electron chi connectivity index (χ2n) is 7.74. The van der Waals surface area contributed by atoms with Crippen LogP contribution in [-0.4, -0.2) is 11.6 Å². The van der Waals surface area contributed by atoms with Crippen LogP contribution in [0.2, 0.25) is 5.02 Å². The Balaban J connectivity index is 1.48. The van der Waals surface area contributed by atoms with Crippen molar-refractivity contribution >= 4 is 23.4 Å². The maximum absolute atomic E-state index is 9.77. The molecular weight excluding hydrogens is 456 g/mol. The summed E-state index contributed by atoms with van der Waals surface area (Å²) in [5.74, 6) is 1.94. The van der Waals surface area contributed by atoms with E-state index in [2.05, 4.69) is 5.11 Å². The molecule has 4 aromatic carbocycles. The van der Waals surface area contributed by atoms with Gasteiger partial charge in [0, 0.05) is 12.1 Å². The van der Waals surface area contributed by atoms with Crippen molar-refractivity contribution in [2.75, 3.05) is 0 Å². The number of hydrogen-bond donors (Lipinski definition) is 2. The van der Waals surface area contributed by atoms with E-state index >= 15 is 0 Å². The summed E-state index contributed by atoms with van der Waals surface area (Å²) in [5.41, 5.74) is 3.00. The summed E-state index contributed by atoms with van der Waals surface area (Å²) >= 11 is 8.30. The summed E-state index contributed by atoms with van der Waals surface area (Å²) in [6, 6.07) is 28.0. The lowest BCUT2D eigenvalue weighted by atomic mass is 10.00.